The number of fused-ring (bicyclic) bond motifs is 1. The molecule has 3 heterocycles. The monoisotopic (exact) mass is 597 g/mol. The smallest absolute Gasteiger partial charge is 0.340 e. The maximum Gasteiger partial charge on any atom is 0.340 e. The fourth-order valence-electron chi connectivity index (χ4n) is 5.83. The number of esters is 2. The molecule has 1 saturated carbocycles. The highest BCUT2D eigenvalue weighted by molar-refractivity contribution is 6.02. The Morgan fingerprint density at radius 3 is 2.57 bits per heavy atom. The highest BCUT2D eigenvalue weighted by Gasteiger charge is 2.24. The zero-order chi connectivity index (χ0) is 30.5. The standard InChI is InChI=1S/C32H35N7O5/c1-3-42-32-34-25-11-7-10-24(31(41)44-17-16-43-30(40)23-8-5-4-6-9-23)28(25)39(32)19-21-12-14-22(15-13-21)26-20(2)18-33-27(26)29-35-37-38-36-29/h7,10-15,18,23,33H,3-6,8-9,16-17,19H2,1-2H3,(H,35,36,37,38). The van der Waals surface area contributed by atoms with Gasteiger partial charge in [-0.2, -0.15) is 4.98 Å². The van der Waals surface area contributed by atoms with Crippen molar-refractivity contribution in [3.63, 3.8) is 0 Å². The molecule has 1 aliphatic carbocycles. The minimum atomic E-state index is -0.513. The number of aryl methyl sites for hydroxylation is 1. The van der Waals surface area contributed by atoms with Crippen LogP contribution in [0.5, 0.6) is 6.01 Å². The van der Waals surface area contributed by atoms with Gasteiger partial charge < -0.3 is 19.2 Å². The van der Waals surface area contributed by atoms with Crippen molar-refractivity contribution in [3.05, 3.63) is 65.4 Å². The third kappa shape index (κ3) is 6.05. The molecular formula is C32H35N7O5. The Labute approximate surface area is 254 Å². The number of hydrogen-bond donors (Lipinski definition) is 2. The van der Waals surface area contributed by atoms with E-state index in [1.54, 1.807) is 12.1 Å². The molecule has 0 radical (unpaired) electrons. The van der Waals surface area contributed by atoms with Crippen molar-refractivity contribution in [1.82, 2.24) is 35.2 Å². The summed E-state index contributed by atoms with van der Waals surface area (Å²) in [5, 5.41) is 14.3. The average molecular weight is 598 g/mol. The number of tetrazole rings is 1. The molecule has 44 heavy (non-hydrogen) atoms. The number of para-hydroxylation sites is 1. The van der Waals surface area contributed by atoms with E-state index >= 15 is 0 Å². The number of nitrogens with zero attached hydrogens (tertiary/aromatic N) is 5. The van der Waals surface area contributed by atoms with Crippen molar-refractivity contribution in [2.24, 2.45) is 5.92 Å². The number of imidazole rings is 1. The molecule has 0 aliphatic heterocycles. The summed E-state index contributed by atoms with van der Waals surface area (Å²) in [4.78, 5) is 33.5. The van der Waals surface area contributed by atoms with Gasteiger partial charge in [-0.3, -0.25) is 9.36 Å². The van der Waals surface area contributed by atoms with Gasteiger partial charge in [0.05, 0.1) is 41.4 Å². The average Bonchev–Trinajstić information content (AvgIpc) is 3.80. The third-order valence-corrected chi connectivity index (χ3v) is 7.97. The summed E-state index contributed by atoms with van der Waals surface area (Å²) in [5.41, 5.74) is 6.48. The molecule has 2 N–H and O–H groups in total. The van der Waals surface area contributed by atoms with Crippen molar-refractivity contribution in [3.8, 4) is 28.7 Å². The minimum absolute atomic E-state index is 0.0215. The molecule has 3 aromatic heterocycles. The molecule has 0 atom stereocenters. The Kier molecular flexibility index (Phi) is 8.67. The van der Waals surface area contributed by atoms with Crippen molar-refractivity contribution < 1.29 is 23.8 Å². The predicted octanol–water partition coefficient (Wildman–Crippen LogP) is 5.25. The highest BCUT2D eigenvalue weighted by Crippen LogP contribution is 2.33. The maximum atomic E-state index is 13.2. The summed E-state index contributed by atoms with van der Waals surface area (Å²) in [6.45, 7) is 4.76. The molecule has 0 amide bonds. The van der Waals surface area contributed by atoms with Gasteiger partial charge in [-0.15, -0.1) is 5.10 Å². The van der Waals surface area contributed by atoms with Gasteiger partial charge in [0.2, 0.25) is 0 Å². The Hall–Kier alpha value is -5.00. The third-order valence-electron chi connectivity index (χ3n) is 7.97. The SMILES string of the molecule is CCOc1nc2cccc(C(=O)OCCOC(=O)C3CCCCC3)c2n1Cc1ccc(-c2c(C)c[nH]c2-c2nnn[nH]2)cc1. The predicted molar refractivity (Wildman–Crippen MR) is 162 cm³/mol. The summed E-state index contributed by atoms with van der Waals surface area (Å²) in [5.74, 6) is -0.203. The first kappa shape index (κ1) is 29.1. The van der Waals surface area contributed by atoms with Crippen LogP contribution in [0.3, 0.4) is 0 Å². The molecule has 0 spiro atoms. The largest absolute Gasteiger partial charge is 0.465 e. The van der Waals surface area contributed by atoms with Crippen LogP contribution in [-0.2, 0) is 20.8 Å². The Balaban J connectivity index is 1.20. The van der Waals surface area contributed by atoms with E-state index in [1.165, 1.54) is 0 Å². The van der Waals surface area contributed by atoms with E-state index in [2.05, 4.69) is 30.6 Å². The van der Waals surface area contributed by atoms with E-state index < -0.39 is 5.97 Å². The van der Waals surface area contributed by atoms with E-state index in [4.69, 9.17) is 14.2 Å². The number of benzene rings is 2. The van der Waals surface area contributed by atoms with Gasteiger partial charge in [-0.1, -0.05) is 49.6 Å². The number of hydrogen-bond acceptors (Lipinski definition) is 9. The number of ether oxygens (including phenoxy) is 3. The van der Waals surface area contributed by atoms with E-state index in [9.17, 15) is 9.59 Å². The lowest BCUT2D eigenvalue weighted by Crippen LogP contribution is -2.22. The lowest BCUT2D eigenvalue weighted by atomic mass is 9.89. The highest BCUT2D eigenvalue weighted by atomic mass is 16.6. The first-order valence-electron chi connectivity index (χ1n) is 15.0. The zero-order valence-electron chi connectivity index (χ0n) is 24.8. The summed E-state index contributed by atoms with van der Waals surface area (Å²) in [7, 11) is 0. The molecule has 228 valence electrons. The number of H-pyrrole nitrogens is 2. The quantitative estimate of drug-likeness (QED) is 0.154. The molecule has 6 rings (SSSR count). The molecule has 1 aliphatic rings. The first-order chi connectivity index (χ1) is 21.5. The topological polar surface area (TPSA) is 150 Å². The molecule has 0 bridgehead atoms. The fourth-order valence-corrected chi connectivity index (χ4v) is 5.83. The Morgan fingerprint density at radius 2 is 1.82 bits per heavy atom. The number of aromatic nitrogens is 7. The van der Waals surface area contributed by atoms with Crippen molar-refractivity contribution in [2.75, 3.05) is 19.8 Å². The molecule has 2 aromatic carbocycles. The number of rotatable bonds is 11. The first-order valence-corrected chi connectivity index (χ1v) is 15.0. The number of carbonyl (C=O) groups is 2. The van der Waals surface area contributed by atoms with Crippen LogP contribution in [0.15, 0.2) is 48.7 Å². The lowest BCUT2D eigenvalue weighted by Gasteiger charge is -2.19. The molecule has 12 heteroatoms. The second-order valence-electron chi connectivity index (χ2n) is 10.9. The summed E-state index contributed by atoms with van der Waals surface area (Å²) >= 11 is 0. The molecule has 0 saturated heterocycles. The van der Waals surface area contributed by atoms with Gasteiger partial charge in [0.25, 0.3) is 6.01 Å². The summed E-state index contributed by atoms with van der Waals surface area (Å²) < 4.78 is 18.7. The Morgan fingerprint density at radius 1 is 1.02 bits per heavy atom. The van der Waals surface area contributed by atoms with E-state index in [1.807, 2.05) is 54.9 Å². The lowest BCUT2D eigenvalue weighted by molar-refractivity contribution is -0.150. The normalized spacial score (nSPS) is 13.7. The van der Waals surface area contributed by atoms with Gasteiger partial charge in [-0.05, 0) is 65.9 Å². The van der Waals surface area contributed by atoms with Crippen LogP contribution in [0.2, 0.25) is 0 Å². The van der Waals surface area contributed by atoms with Crippen LogP contribution in [0, 0.1) is 12.8 Å². The second-order valence-corrected chi connectivity index (χ2v) is 10.9. The van der Waals surface area contributed by atoms with Gasteiger partial charge in [-0.25, -0.2) is 9.89 Å². The molecular weight excluding hydrogens is 562 g/mol. The molecule has 0 unspecified atom stereocenters. The van der Waals surface area contributed by atoms with Crippen LogP contribution in [0.1, 0.15) is 60.5 Å². The number of aromatic amines is 2. The van der Waals surface area contributed by atoms with E-state index in [-0.39, 0.29) is 25.1 Å². The molecule has 12 nitrogen and oxygen atoms in total. The maximum absolute atomic E-state index is 13.2. The van der Waals surface area contributed by atoms with E-state index in [0.29, 0.717) is 41.6 Å². The van der Waals surface area contributed by atoms with Crippen LogP contribution in [-0.4, -0.2) is 66.9 Å². The van der Waals surface area contributed by atoms with Gasteiger partial charge in [0.1, 0.15) is 13.2 Å². The van der Waals surface area contributed by atoms with Crippen LogP contribution in [0.25, 0.3) is 33.7 Å². The van der Waals surface area contributed by atoms with Crippen LogP contribution < -0.4 is 4.74 Å². The van der Waals surface area contributed by atoms with Crippen LogP contribution >= 0.6 is 0 Å². The minimum Gasteiger partial charge on any atom is -0.465 e. The van der Waals surface area contributed by atoms with Crippen molar-refractivity contribution >= 4 is 23.0 Å². The van der Waals surface area contributed by atoms with Gasteiger partial charge in [0.15, 0.2) is 5.82 Å². The van der Waals surface area contributed by atoms with Crippen molar-refractivity contribution in [2.45, 2.75) is 52.5 Å². The number of carbonyl (C=O) groups excluding carboxylic acids is 2. The molecule has 5 aromatic rings. The zero-order valence-corrected chi connectivity index (χ0v) is 24.8. The molecule has 1 fully saturated rings. The summed E-state index contributed by atoms with van der Waals surface area (Å²) in [6, 6.07) is 13.9. The van der Waals surface area contributed by atoms with Gasteiger partial charge >= 0.3 is 11.9 Å². The van der Waals surface area contributed by atoms with Gasteiger partial charge in [0, 0.05) is 11.8 Å². The van der Waals surface area contributed by atoms with Crippen molar-refractivity contribution in [1.29, 1.82) is 0 Å². The summed E-state index contributed by atoms with van der Waals surface area (Å²) in [6.07, 6.45) is 6.92. The number of nitrogens with one attached hydrogen (secondary N) is 2. The fraction of sp³-hybridized carbons (Fsp3) is 0.375. The van der Waals surface area contributed by atoms with E-state index in [0.717, 1.165) is 60.1 Å². The second kappa shape index (κ2) is 13.1. The Bertz CT molecular complexity index is 1730. The van der Waals surface area contributed by atoms with Crippen LogP contribution in [0.4, 0.5) is 0 Å².